The lowest BCUT2D eigenvalue weighted by atomic mass is 10.1. The van der Waals surface area contributed by atoms with E-state index in [1.807, 2.05) is 6.92 Å². The normalized spacial score (nSPS) is 10.4. The summed E-state index contributed by atoms with van der Waals surface area (Å²) in [6, 6.07) is 5.84. The lowest BCUT2D eigenvalue weighted by molar-refractivity contribution is 0.0988. The fourth-order valence-electron chi connectivity index (χ4n) is 1.36. The molecule has 0 aromatic heterocycles. The first-order valence-corrected chi connectivity index (χ1v) is 6.44. The number of amides is 2. The summed E-state index contributed by atoms with van der Waals surface area (Å²) >= 11 is 0. The summed E-state index contributed by atoms with van der Waals surface area (Å²) in [6.07, 6.45) is 3.22. The average Bonchev–Trinajstić information content (AvgIpc) is 2.36. The van der Waals surface area contributed by atoms with Gasteiger partial charge in [-0.15, -0.1) is 0 Å². The number of carbonyl (C=O) groups is 2. The van der Waals surface area contributed by atoms with Crippen LogP contribution in [0.3, 0.4) is 0 Å². The Bertz CT molecular complexity index is 402. The second-order valence-corrected chi connectivity index (χ2v) is 4.92. The van der Waals surface area contributed by atoms with Gasteiger partial charge in [-0.2, -0.15) is 0 Å². The molecule has 0 saturated heterocycles. The van der Waals surface area contributed by atoms with Crippen molar-refractivity contribution in [2.45, 2.75) is 38.8 Å². The second-order valence-electron chi connectivity index (χ2n) is 4.92. The number of rotatable bonds is 5. The Kier molecular flexibility index (Phi) is 7.49. The molecule has 112 valence electrons. The van der Waals surface area contributed by atoms with Crippen molar-refractivity contribution in [3.63, 3.8) is 0 Å². The summed E-state index contributed by atoms with van der Waals surface area (Å²) in [6.45, 7) is 3.98. The topological polar surface area (TPSA) is 138 Å². The van der Waals surface area contributed by atoms with Crippen LogP contribution < -0.4 is 22.9 Å². The van der Waals surface area contributed by atoms with E-state index in [1.165, 1.54) is 30.7 Å². The monoisotopic (exact) mass is 280 g/mol. The van der Waals surface area contributed by atoms with Crippen molar-refractivity contribution in [1.82, 2.24) is 0 Å². The van der Waals surface area contributed by atoms with Crippen LogP contribution in [0, 0.1) is 0 Å². The molecular weight excluding hydrogens is 256 g/mol. The minimum absolute atomic E-state index is 0.361. The quantitative estimate of drug-likeness (QED) is 0.589. The molecule has 6 heteroatoms. The Balaban J connectivity index is 0.000000396. The predicted octanol–water partition coefficient (Wildman–Crippen LogP) is 0.695. The first-order valence-electron chi connectivity index (χ1n) is 6.44. The van der Waals surface area contributed by atoms with E-state index in [4.69, 9.17) is 22.9 Å². The van der Waals surface area contributed by atoms with Crippen LogP contribution >= 0.6 is 0 Å². The summed E-state index contributed by atoms with van der Waals surface area (Å²) in [5, 5.41) is 0. The van der Waals surface area contributed by atoms with Gasteiger partial charge in [0.2, 0.25) is 11.8 Å². The van der Waals surface area contributed by atoms with Crippen LogP contribution in [0.4, 0.5) is 0 Å². The minimum atomic E-state index is -0.522. The Labute approximate surface area is 119 Å². The van der Waals surface area contributed by atoms with Crippen molar-refractivity contribution in [3.8, 4) is 0 Å². The number of primary amides is 2. The van der Waals surface area contributed by atoms with Gasteiger partial charge in [-0.25, -0.2) is 0 Å². The average molecular weight is 280 g/mol. The van der Waals surface area contributed by atoms with Crippen LogP contribution in [0.5, 0.6) is 0 Å². The third kappa shape index (κ3) is 8.23. The van der Waals surface area contributed by atoms with E-state index < -0.39 is 17.5 Å². The third-order valence-corrected chi connectivity index (χ3v) is 2.52. The molecule has 20 heavy (non-hydrogen) atoms. The van der Waals surface area contributed by atoms with E-state index in [-0.39, 0.29) is 0 Å². The first kappa shape index (κ1) is 18.1. The number of benzene rings is 1. The van der Waals surface area contributed by atoms with Crippen LogP contribution in [0.15, 0.2) is 24.3 Å². The van der Waals surface area contributed by atoms with Gasteiger partial charge in [0.1, 0.15) is 0 Å². The van der Waals surface area contributed by atoms with Crippen molar-refractivity contribution >= 4 is 11.8 Å². The predicted molar refractivity (Wildman–Crippen MR) is 79.8 cm³/mol. The van der Waals surface area contributed by atoms with Crippen molar-refractivity contribution in [1.29, 1.82) is 0 Å². The molecule has 6 nitrogen and oxygen atoms in total. The van der Waals surface area contributed by atoms with Gasteiger partial charge < -0.3 is 22.9 Å². The molecule has 0 aliphatic rings. The molecule has 0 atom stereocenters. The van der Waals surface area contributed by atoms with Crippen molar-refractivity contribution < 1.29 is 9.59 Å². The maximum Gasteiger partial charge on any atom is 0.248 e. The highest BCUT2D eigenvalue weighted by atomic mass is 16.1. The number of hydrogen-bond donors (Lipinski definition) is 4. The highest BCUT2D eigenvalue weighted by Crippen LogP contribution is 2.03. The molecule has 1 rings (SSSR count). The summed E-state index contributed by atoms with van der Waals surface area (Å²) in [4.78, 5) is 21.2. The fraction of sp³-hybridized carbons (Fsp3) is 0.429. The molecule has 1 aromatic rings. The maximum atomic E-state index is 10.6. The van der Waals surface area contributed by atoms with Crippen LogP contribution in [-0.4, -0.2) is 17.5 Å². The van der Waals surface area contributed by atoms with Gasteiger partial charge in [-0.1, -0.05) is 19.8 Å². The first-order chi connectivity index (χ1) is 9.17. The maximum absolute atomic E-state index is 10.6. The van der Waals surface area contributed by atoms with Gasteiger partial charge in [0.15, 0.2) is 0 Å². The molecule has 0 heterocycles. The van der Waals surface area contributed by atoms with Gasteiger partial charge >= 0.3 is 0 Å². The summed E-state index contributed by atoms with van der Waals surface area (Å²) in [7, 11) is 0. The number of unbranched alkanes of at least 4 members (excludes halogenated alkanes) is 1. The van der Waals surface area contributed by atoms with E-state index in [9.17, 15) is 9.59 Å². The van der Waals surface area contributed by atoms with Crippen molar-refractivity contribution in [2.24, 2.45) is 22.9 Å². The van der Waals surface area contributed by atoms with E-state index in [0.29, 0.717) is 11.1 Å². The van der Waals surface area contributed by atoms with E-state index in [1.54, 1.807) is 0 Å². The molecule has 0 fully saturated rings. The highest BCUT2D eigenvalue weighted by molar-refractivity contribution is 5.96. The SMILES string of the molecule is CCCCC(C)(N)N.NC(=O)c1ccc(C(N)=O)cc1. The van der Waals surface area contributed by atoms with Crippen LogP contribution in [0.1, 0.15) is 53.8 Å². The molecule has 0 saturated carbocycles. The molecule has 0 spiro atoms. The Hall–Kier alpha value is -1.92. The molecule has 0 aliphatic heterocycles. The highest BCUT2D eigenvalue weighted by Gasteiger charge is 2.08. The van der Waals surface area contributed by atoms with Gasteiger partial charge in [0.05, 0.1) is 5.66 Å². The number of hydrogen-bond acceptors (Lipinski definition) is 4. The van der Waals surface area contributed by atoms with Crippen LogP contribution in [0.25, 0.3) is 0 Å². The van der Waals surface area contributed by atoms with E-state index >= 15 is 0 Å². The number of nitrogens with two attached hydrogens (primary N) is 4. The lowest BCUT2D eigenvalue weighted by Gasteiger charge is -2.16. The molecule has 8 N–H and O–H groups in total. The van der Waals surface area contributed by atoms with Crippen molar-refractivity contribution in [2.75, 3.05) is 0 Å². The van der Waals surface area contributed by atoms with E-state index in [2.05, 4.69) is 6.92 Å². The molecule has 0 bridgehead atoms. The zero-order valence-electron chi connectivity index (χ0n) is 12.1. The fourth-order valence-corrected chi connectivity index (χ4v) is 1.36. The molecule has 1 aromatic carbocycles. The molecular formula is C14H24N4O2. The molecule has 0 aliphatic carbocycles. The zero-order chi connectivity index (χ0) is 15.8. The summed E-state index contributed by atoms with van der Waals surface area (Å²) < 4.78 is 0. The van der Waals surface area contributed by atoms with Crippen LogP contribution in [-0.2, 0) is 0 Å². The van der Waals surface area contributed by atoms with Gasteiger partial charge in [-0.3, -0.25) is 9.59 Å². The van der Waals surface area contributed by atoms with Crippen LogP contribution in [0.2, 0.25) is 0 Å². The molecule has 0 unspecified atom stereocenters. The zero-order valence-corrected chi connectivity index (χ0v) is 12.1. The Morgan fingerprint density at radius 2 is 1.35 bits per heavy atom. The largest absolute Gasteiger partial charge is 0.366 e. The van der Waals surface area contributed by atoms with E-state index in [0.717, 1.165) is 12.8 Å². The molecule has 2 amide bonds. The van der Waals surface area contributed by atoms with Crippen molar-refractivity contribution in [3.05, 3.63) is 35.4 Å². The second kappa shape index (κ2) is 8.29. The Morgan fingerprint density at radius 3 is 1.50 bits per heavy atom. The smallest absolute Gasteiger partial charge is 0.248 e. The third-order valence-electron chi connectivity index (χ3n) is 2.52. The minimum Gasteiger partial charge on any atom is -0.366 e. The summed E-state index contributed by atoms with van der Waals surface area (Å²) in [5.41, 5.74) is 21.2. The molecule has 0 radical (unpaired) electrons. The van der Waals surface area contributed by atoms with Gasteiger partial charge in [-0.05, 0) is 37.6 Å². The van der Waals surface area contributed by atoms with Gasteiger partial charge in [0.25, 0.3) is 0 Å². The number of carbonyl (C=O) groups excluding carboxylic acids is 2. The standard InChI is InChI=1S/C8H8N2O2.C6H16N2/c9-7(11)5-1-2-6(4-3-5)8(10)12;1-3-4-5-6(2,7)8/h1-4H,(H2,9,11)(H2,10,12);3-5,7-8H2,1-2H3. The Morgan fingerprint density at radius 1 is 1.00 bits per heavy atom. The lowest BCUT2D eigenvalue weighted by Crippen LogP contribution is -2.45. The summed E-state index contributed by atoms with van der Waals surface area (Å²) in [5.74, 6) is -1.04. The van der Waals surface area contributed by atoms with Gasteiger partial charge in [0, 0.05) is 11.1 Å².